The fraction of sp³-hybridized carbons (Fsp3) is 0.556. The first-order valence-corrected chi connectivity index (χ1v) is 4.88. The Hall–Kier alpha value is -0.280. The van der Waals surface area contributed by atoms with Gasteiger partial charge in [0.25, 0.3) is 0 Å². The Morgan fingerprint density at radius 1 is 1.58 bits per heavy atom. The third-order valence-corrected chi connectivity index (χ3v) is 2.67. The van der Waals surface area contributed by atoms with Crippen LogP contribution >= 0.6 is 15.9 Å². The van der Waals surface area contributed by atoms with Crippen molar-refractivity contribution in [3.63, 3.8) is 0 Å². The van der Waals surface area contributed by atoms with E-state index < -0.39 is 0 Å². The molecule has 1 N–H and O–H groups in total. The highest BCUT2D eigenvalue weighted by Gasteiger charge is 2.31. The summed E-state index contributed by atoms with van der Waals surface area (Å²) in [7, 11) is 0. The van der Waals surface area contributed by atoms with Gasteiger partial charge in [-0.15, -0.1) is 0 Å². The topological polar surface area (TPSA) is 25.2 Å². The van der Waals surface area contributed by atoms with E-state index in [1.54, 1.807) is 0 Å². The van der Waals surface area contributed by atoms with E-state index in [1.165, 1.54) is 5.56 Å². The molecule has 0 aliphatic carbocycles. The summed E-state index contributed by atoms with van der Waals surface area (Å²) in [5, 5.41) is 3.36. The van der Waals surface area contributed by atoms with E-state index in [2.05, 4.69) is 35.1 Å². The van der Waals surface area contributed by atoms with Crippen LogP contribution in [0.3, 0.4) is 0 Å². The Morgan fingerprint density at radius 3 is 3.00 bits per heavy atom. The van der Waals surface area contributed by atoms with Gasteiger partial charge in [-0.25, -0.2) is 0 Å². The van der Waals surface area contributed by atoms with E-state index in [4.69, 9.17) is 4.42 Å². The largest absolute Gasteiger partial charge is 0.453 e. The molecule has 3 heteroatoms. The van der Waals surface area contributed by atoms with Gasteiger partial charge in [0, 0.05) is 24.1 Å². The molecule has 2 heterocycles. The van der Waals surface area contributed by atoms with Gasteiger partial charge in [0.2, 0.25) is 0 Å². The summed E-state index contributed by atoms with van der Waals surface area (Å²) in [6, 6.07) is 2.04. The summed E-state index contributed by atoms with van der Waals surface area (Å²) in [5.41, 5.74) is 1.40. The van der Waals surface area contributed by atoms with Crippen molar-refractivity contribution in [2.75, 3.05) is 6.54 Å². The molecule has 0 fully saturated rings. The summed E-state index contributed by atoms with van der Waals surface area (Å²) < 4.78 is 6.44. The van der Waals surface area contributed by atoms with Crippen molar-refractivity contribution in [1.29, 1.82) is 0 Å². The highest BCUT2D eigenvalue weighted by molar-refractivity contribution is 9.10. The maximum atomic E-state index is 5.60. The summed E-state index contributed by atoms with van der Waals surface area (Å²) in [5.74, 6) is 1.12. The van der Waals surface area contributed by atoms with E-state index in [-0.39, 0.29) is 5.41 Å². The van der Waals surface area contributed by atoms with Crippen LogP contribution in [0.2, 0.25) is 0 Å². The maximum Gasteiger partial charge on any atom is 0.169 e. The zero-order valence-electron chi connectivity index (χ0n) is 7.28. The molecule has 0 aromatic carbocycles. The molecule has 2 rings (SSSR count). The van der Waals surface area contributed by atoms with Gasteiger partial charge in [0.05, 0.1) is 0 Å². The molecule has 12 heavy (non-hydrogen) atoms. The molecular weight excluding hydrogens is 218 g/mol. The molecule has 1 aliphatic rings. The van der Waals surface area contributed by atoms with Crippen molar-refractivity contribution >= 4 is 15.9 Å². The molecule has 0 saturated carbocycles. The van der Waals surface area contributed by atoms with Gasteiger partial charge in [-0.1, -0.05) is 13.8 Å². The fourth-order valence-electron chi connectivity index (χ4n) is 1.69. The zero-order chi connectivity index (χ0) is 8.77. The van der Waals surface area contributed by atoms with E-state index in [9.17, 15) is 0 Å². The maximum absolute atomic E-state index is 5.60. The van der Waals surface area contributed by atoms with Crippen molar-refractivity contribution in [2.45, 2.75) is 25.8 Å². The van der Waals surface area contributed by atoms with Crippen LogP contribution in [-0.4, -0.2) is 6.54 Å². The Morgan fingerprint density at radius 2 is 2.33 bits per heavy atom. The van der Waals surface area contributed by atoms with Crippen molar-refractivity contribution in [3.8, 4) is 0 Å². The van der Waals surface area contributed by atoms with Crippen LogP contribution in [0.15, 0.2) is 15.2 Å². The number of furan rings is 1. The predicted molar refractivity (Wildman–Crippen MR) is 51.1 cm³/mol. The molecule has 2 nitrogen and oxygen atoms in total. The minimum atomic E-state index is 0.125. The van der Waals surface area contributed by atoms with Crippen LogP contribution in [0.4, 0.5) is 0 Å². The average Bonchev–Trinajstić information content (AvgIpc) is 2.30. The fourth-order valence-corrected chi connectivity index (χ4v) is 2.13. The highest BCUT2D eigenvalue weighted by Crippen LogP contribution is 2.33. The first-order chi connectivity index (χ1) is 5.59. The van der Waals surface area contributed by atoms with Crippen molar-refractivity contribution in [3.05, 3.63) is 22.1 Å². The smallest absolute Gasteiger partial charge is 0.169 e. The molecule has 0 saturated heterocycles. The molecule has 0 amide bonds. The number of hydrogen-bond acceptors (Lipinski definition) is 2. The lowest BCUT2D eigenvalue weighted by atomic mass is 9.85. The number of rotatable bonds is 0. The van der Waals surface area contributed by atoms with Gasteiger partial charge in [0.1, 0.15) is 5.76 Å². The molecular formula is C9H12BrNO. The lowest BCUT2D eigenvalue weighted by Gasteiger charge is -2.28. The predicted octanol–water partition coefficient (Wildman–Crippen LogP) is 2.42. The number of hydrogen-bond donors (Lipinski definition) is 1. The Kier molecular flexibility index (Phi) is 1.81. The normalized spacial score (nSPS) is 20.6. The second-order valence-corrected chi connectivity index (χ2v) is 4.67. The second kappa shape index (κ2) is 2.60. The summed E-state index contributed by atoms with van der Waals surface area (Å²) >= 11 is 3.35. The second-order valence-electron chi connectivity index (χ2n) is 3.89. The van der Waals surface area contributed by atoms with Gasteiger partial charge in [-0.05, 0) is 22.0 Å². The first-order valence-electron chi connectivity index (χ1n) is 4.09. The molecule has 1 aromatic heterocycles. The minimum absolute atomic E-state index is 0.125. The van der Waals surface area contributed by atoms with Gasteiger partial charge >= 0.3 is 0 Å². The third kappa shape index (κ3) is 1.21. The molecule has 66 valence electrons. The number of fused-ring (bicyclic) bond motifs is 1. The quantitative estimate of drug-likeness (QED) is 0.740. The van der Waals surface area contributed by atoms with Crippen molar-refractivity contribution in [1.82, 2.24) is 5.32 Å². The van der Waals surface area contributed by atoms with Gasteiger partial charge in [-0.3, -0.25) is 0 Å². The molecule has 0 bridgehead atoms. The van der Waals surface area contributed by atoms with E-state index in [0.717, 1.165) is 23.5 Å². The average molecular weight is 230 g/mol. The molecule has 0 spiro atoms. The summed E-state index contributed by atoms with van der Waals surface area (Å²) in [4.78, 5) is 0. The van der Waals surface area contributed by atoms with Crippen LogP contribution in [-0.2, 0) is 12.0 Å². The summed E-state index contributed by atoms with van der Waals surface area (Å²) in [6.45, 7) is 6.29. The van der Waals surface area contributed by atoms with E-state index in [1.807, 2.05) is 6.07 Å². The van der Waals surface area contributed by atoms with Gasteiger partial charge in [-0.2, -0.15) is 0 Å². The van der Waals surface area contributed by atoms with Crippen LogP contribution in [0.25, 0.3) is 0 Å². The summed E-state index contributed by atoms with van der Waals surface area (Å²) in [6.07, 6.45) is 0. The zero-order valence-corrected chi connectivity index (χ0v) is 8.86. The SMILES string of the molecule is CC1(C)CNCc2cc(Br)oc21. The Bertz CT molecular complexity index is 303. The van der Waals surface area contributed by atoms with Crippen molar-refractivity contribution < 1.29 is 4.42 Å². The van der Waals surface area contributed by atoms with Crippen LogP contribution in [0, 0.1) is 0 Å². The molecule has 1 aromatic rings. The standard InChI is InChI=1S/C9H12BrNO/c1-9(2)5-11-4-6-3-7(10)12-8(6)9/h3,11H,4-5H2,1-2H3. The first kappa shape index (κ1) is 8.32. The van der Waals surface area contributed by atoms with Gasteiger partial charge in [0.15, 0.2) is 4.67 Å². The molecule has 0 atom stereocenters. The lowest BCUT2D eigenvalue weighted by molar-refractivity contribution is 0.333. The van der Waals surface area contributed by atoms with E-state index in [0.29, 0.717) is 0 Å². The van der Waals surface area contributed by atoms with Crippen LogP contribution < -0.4 is 5.32 Å². The van der Waals surface area contributed by atoms with Crippen LogP contribution in [0.1, 0.15) is 25.2 Å². The minimum Gasteiger partial charge on any atom is -0.453 e. The highest BCUT2D eigenvalue weighted by atomic mass is 79.9. The van der Waals surface area contributed by atoms with E-state index >= 15 is 0 Å². The van der Waals surface area contributed by atoms with Gasteiger partial charge < -0.3 is 9.73 Å². The number of nitrogens with one attached hydrogen (secondary N) is 1. The lowest BCUT2D eigenvalue weighted by Crippen LogP contribution is -2.37. The monoisotopic (exact) mass is 229 g/mol. The molecule has 0 radical (unpaired) electrons. The molecule has 1 aliphatic heterocycles. The molecule has 0 unspecified atom stereocenters. The Labute approximate surface area is 80.5 Å². The Balaban J connectivity index is 2.51. The number of halogens is 1. The third-order valence-electron chi connectivity index (χ3n) is 2.28. The van der Waals surface area contributed by atoms with Crippen molar-refractivity contribution in [2.24, 2.45) is 0 Å². The van der Waals surface area contributed by atoms with Crippen LogP contribution in [0.5, 0.6) is 0 Å².